The van der Waals surface area contributed by atoms with Gasteiger partial charge in [-0.05, 0) is 44.8 Å². The number of nitrogens with zero attached hydrogens (tertiary/aromatic N) is 1. The zero-order chi connectivity index (χ0) is 19.8. The van der Waals surface area contributed by atoms with E-state index in [1.807, 2.05) is 4.90 Å². The molecule has 27 heavy (non-hydrogen) atoms. The van der Waals surface area contributed by atoms with Crippen molar-refractivity contribution in [1.82, 2.24) is 4.90 Å². The summed E-state index contributed by atoms with van der Waals surface area (Å²) in [7, 11) is -5.61. The molecule has 0 aromatic rings. The summed E-state index contributed by atoms with van der Waals surface area (Å²) in [5, 5.41) is 0.0710. The average molecular weight is 411 g/mol. The van der Waals surface area contributed by atoms with Gasteiger partial charge in [0.1, 0.15) is 0 Å². The Morgan fingerprint density at radius 3 is 2.26 bits per heavy atom. The van der Waals surface area contributed by atoms with Gasteiger partial charge in [-0.15, -0.1) is 6.42 Å². The van der Waals surface area contributed by atoms with Gasteiger partial charge in [0, 0.05) is 12.6 Å². The molecule has 0 radical (unpaired) electrons. The number of carbonyl (C=O) groups excluding carboxylic acids is 1. The maximum Gasteiger partial charge on any atom is 1.00 e. The monoisotopic (exact) mass is 411 g/mol. The number of fused-ring (bicyclic) bond motifs is 1. The molecule has 2 atom stereocenters. The van der Waals surface area contributed by atoms with Gasteiger partial charge >= 0.3 is 18.9 Å². The van der Waals surface area contributed by atoms with Crippen molar-refractivity contribution in [3.8, 4) is 0 Å². The van der Waals surface area contributed by atoms with E-state index in [2.05, 4.69) is 33.9 Å². The van der Waals surface area contributed by atoms with E-state index in [4.69, 9.17) is 13.5 Å². The molecule has 6 nitrogen and oxygen atoms in total. The van der Waals surface area contributed by atoms with Crippen LogP contribution >= 0.6 is 7.60 Å². The van der Waals surface area contributed by atoms with Gasteiger partial charge in [0.2, 0.25) is 7.60 Å². The van der Waals surface area contributed by atoms with Gasteiger partial charge in [-0.3, -0.25) is 4.57 Å². The first-order chi connectivity index (χ1) is 12.0. The SMILES string of the molecule is CCOP(=O)(OCC)[C-]1C[C@@H](O[Si](C)(C)C(C)(C)C)C2CCCN2C1=O.[Li+]. The van der Waals surface area contributed by atoms with Crippen molar-refractivity contribution in [3.63, 3.8) is 0 Å². The van der Waals surface area contributed by atoms with E-state index in [9.17, 15) is 9.36 Å². The van der Waals surface area contributed by atoms with Crippen LogP contribution in [0.1, 0.15) is 53.9 Å². The van der Waals surface area contributed by atoms with E-state index in [0.29, 0.717) is 13.0 Å². The second-order valence-electron chi connectivity index (χ2n) is 8.61. The van der Waals surface area contributed by atoms with Gasteiger partial charge in [0.15, 0.2) is 8.32 Å². The minimum atomic E-state index is -3.58. The largest absolute Gasteiger partial charge is 1.00 e. The molecule has 9 heteroatoms. The Labute approximate surface area is 177 Å². The summed E-state index contributed by atoms with van der Waals surface area (Å²) in [6, 6.07) is 0.0667. The fraction of sp³-hybridized carbons (Fsp3) is 0.889. The topological polar surface area (TPSA) is 65.1 Å². The molecular weight excluding hydrogens is 376 g/mol. The van der Waals surface area contributed by atoms with E-state index < -0.39 is 15.9 Å². The van der Waals surface area contributed by atoms with E-state index in [0.717, 1.165) is 12.8 Å². The Hall–Kier alpha value is 0.264. The summed E-state index contributed by atoms with van der Waals surface area (Å²) in [6.45, 7) is 15.7. The van der Waals surface area contributed by atoms with Crippen LogP contribution in [0.2, 0.25) is 18.1 Å². The van der Waals surface area contributed by atoms with Gasteiger partial charge in [0.25, 0.3) is 0 Å². The van der Waals surface area contributed by atoms with Crippen molar-refractivity contribution >= 4 is 21.8 Å². The van der Waals surface area contributed by atoms with Crippen LogP contribution in [0, 0.1) is 5.66 Å². The second-order valence-corrected chi connectivity index (χ2v) is 15.4. The molecule has 1 amide bonds. The Balaban J connectivity index is 0.00000364. The maximum atomic E-state index is 13.3. The summed E-state index contributed by atoms with van der Waals surface area (Å²) in [5.74, 6) is -0.173. The van der Waals surface area contributed by atoms with Gasteiger partial charge in [-0.25, -0.2) is 0 Å². The first kappa shape index (κ1) is 25.3. The number of hydrogen-bond acceptors (Lipinski definition) is 5. The van der Waals surface area contributed by atoms with E-state index in [1.54, 1.807) is 13.8 Å². The summed E-state index contributed by atoms with van der Waals surface area (Å²) < 4.78 is 30.9. The van der Waals surface area contributed by atoms with Crippen LogP contribution in [0.15, 0.2) is 0 Å². The number of amides is 1. The van der Waals surface area contributed by atoms with E-state index >= 15 is 0 Å². The zero-order valence-electron chi connectivity index (χ0n) is 18.3. The van der Waals surface area contributed by atoms with Crippen molar-refractivity contribution < 1.29 is 41.7 Å². The van der Waals surface area contributed by atoms with Crippen LogP contribution < -0.4 is 18.9 Å². The third-order valence-corrected chi connectivity index (χ3v) is 12.5. The third-order valence-electron chi connectivity index (χ3n) is 5.81. The summed E-state index contributed by atoms with van der Waals surface area (Å²) in [5.41, 5.74) is 0.267. The molecule has 0 aromatic carbocycles. The van der Waals surface area contributed by atoms with E-state index in [1.165, 1.54) is 0 Å². The van der Waals surface area contributed by atoms with Crippen molar-refractivity contribution in [2.24, 2.45) is 0 Å². The molecule has 0 saturated carbocycles. The molecule has 152 valence electrons. The van der Waals surface area contributed by atoms with Crippen LogP contribution in [0.3, 0.4) is 0 Å². The molecule has 1 unspecified atom stereocenters. The van der Waals surface area contributed by atoms with Crippen LogP contribution in [0.4, 0.5) is 0 Å². The molecule has 0 spiro atoms. The third kappa shape index (κ3) is 5.25. The number of piperidine rings is 1. The second kappa shape index (κ2) is 9.38. The molecule has 2 saturated heterocycles. The quantitative estimate of drug-likeness (QED) is 0.362. The number of carbonyl (C=O) groups is 1. The van der Waals surface area contributed by atoms with Crippen LogP contribution in [0.25, 0.3) is 0 Å². The van der Waals surface area contributed by atoms with E-state index in [-0.39, 0.29) is 60.8 Å². The minimum absolute atomic E-state index is 0. The fourth-order valence-corrected chi connectivity index (χ4v) is 6.63. The predicted molar refractivity (Wildman–Crippen MR) is 106 cm³/mol. The van der Waals surface area contributed by atoms with Crippen LogP contribution in [0.5, 0.6) is 0 Å². The molecule has 0 N–H and O–H groups in total. The first-order valence-electron chi connectivity index (χ1n) is 9.71. The Morgan fingerprint density at radius 1 is 1.22 bits per heavy atom. The van der Waals surface area contributed by atoms with Crippen LogP contribution in [-0.2, 0) is 22.8 Å². The summed E-state index contributed by atoms with van der Waals surface area (Å²) in [6.07, 6.45) is 2.09. The fourth-order valence-electron chi connectivity index (χ4n) is 3.45. The van der Waals surface area contributed by atoms with Gasteiger partial charge in [-0.1, -0.05) is 20.8 Å². The van der Waals surface area contributed by atoms with Crippen molar-refractivity contribution in [2.75, 3.05) is 19.8 Å². The normalized spacial score (nSPS) is 24.0. The molecule has 0 bridgehead atoms. The molecule has 2 heterocycles. The summed E-state index contributed by atoms with van der Waals surface area (Å²) >= 11 is 0. The molecule has 0 aromatic heterocycles. The molecule has 2 aliphatic heterocycles. The molecule has 2 fully saturated rings. The standard InChI is InChI=1S/C18H35NO5PSi.Li/c1-8-22-25(21,23-9-2)16-13-15(24-26(6,7)18(3,4)5)14-11-10-12-19(14)17(16)20;/h14-15H,8-13H2,1-7H3;/q-1;+1/t14?,15-;/m1./s1. The summed E-state index contributed by atoms with van der Waals surface area (Å²) in [4.78, 5) is 14.9. The van der Waals surface area contributed by atoms with Gasteiger partial charge in [-0.2, -0.15) is 5.66 Å². The Kier molecular flexibility index (Phi) is 8.79. The van der Waals surface area contributed by atoms with Gasteiger partial charge < -0.3 is 23.2 Å². The average Bonchev–Trinajstić information content (AvgIpc) is 2.99. The molecular formula is C18H35LiNO5PSi. The number of rotatable bonds is 7. The molecule has 2 rings (SSSR count). The van der Waals surface area contributed by atoms with Crippen molar-refractivity contribution in [2.45, 2.75) is 84.2 Å². The molecule has 0 aliphatic carbocycles. The van der Waals surface area contributed by atoms with Crippen LogP contribution in [-0.4, -0.2) is 51.0 Å². The maximum absolute atomic E-state index is 13.3. The first-order valence-corrected chi connectivity index (χ1v) is 14.2. The van der Waals surface area contributed by atoms with Crippen molar-refractivity contribution in [3.05, 3.63) is 5.66 Å². The Morgan fingerprint density at radius 2 is 1.78 bits per heavy atom. The smallest absolute Gasteiger partial charge is 0.414 e. The van der Waals surface area contributed by atoms with Gasteiger partial charge in [0.05, 0.1) is 25.2 Å². The zero-order valence-corrected chi connectivity index (χ0v) is 20.2. The number of hydrogen-bond donors (Lipinski definition) is 0. The van der Waals surface area contributed by atoms with Crippen molar-refractivity contribution in [1.29, 1.82) is 0 Å². The Bertz CT molecular complexity index is 558. The molecule has 2 aliphatic rings. The minimum Gasteiger partial charge on any atom is -0.414 e. The predicted octanol–water partition coefficient (Wildman–Crippen LogP) is 1.57.